The van der Waals surface area contributed by atoms with Crippen molar-refractivity contribution >= 4 is 11.7 Å². The van der Waals surface area contributed by atoms with Crippen LogP contribution in [-0.2, 0) is 0 Å². The summed E-state index contributed by atoms with van der Waals surface area (Å²) >= 11 is 0. The van der Waals surface area contributed by atoms with Crippen molar-refractivity contribution in [1.82, 2.24) is 26.2 Å². The van der Waals surface area contributed by atoms with Crippen molar-refractivity contribution < 1.29 is 4.79 Å². The van der Waals surface area contributed by atoms with Crippen molar-refractivity contribution in [3.63, 3.8) is 0 Å². The molecule has 0 radical (unpaired) electrons. The van der Waals surface area contributed by atoms with Crippen molar-refractivity contribution in [1.29, 1.82) is 0 Å². The number of nitrogens with one attached hydrogen (secondary N) is 5. The van der Waals surface area contributed by atoms with Gasteiger partial charge in [-0.25, -0.2) is 4.79 Å². The van der Waals surface area contributed by atoms with Crippen molar-refractivity contribution in [2.45, 2.75) is 52.1 Å². The highest BCUT2D eigenvalue weighted by Gasteiger charge is 2.33. The Morgan fingerprint density at radius 3 is 2.65 bits per heavy atom. The predicted octanol–water partition coefficient (Wildman–Crippen LogP) is 1.63. The second-order valence-corrected chi connectivity index (χ2v) is 6.93. The van der Waals surface area contributed by atoms with Crippen LogP contribution in [0.1, 0.15) is 32.3 Å². The van der Waals surface area contributed by atoms with Gasteiger partial charge in [0.25, 0.3) is 0 Å². The number of aryl methyl sites for hydroxylation is 1. The number of amides is 2. The van der Waals surface area contributed by atoms with Crippen LogP contribution in [0, 0.1) is 6.92 Å². The molecule has 1 aliphatic rings. The number of urea groups is 1. The predicted molar refractivity (Wildman–Crippen MR) is 107 cm³/mol. The maximum absolute atomic E-state index is 12.4. The van der Waals surface area contributed by atoms with Gasteiger partial charge in [-0.3, -0.25) is 10.2 Å². The molecule has 2 rings (SSSR count). The Morgan fingerprint density at radius 1 is 1.27 bits per heavy atom. The lowest BCUT2D eigenvalue weighted by Crippen LogP contribution is -2.69. The van der Waals surface area contributed by atoms with E-state index in [4.69, 9.17) is 0 Å². The summed E-state index contributed by atoms with van der Waals surface area (Å²) in [4.78, 5) is 14.7. The Balaban J connectivity index is 1.92. The summed E-state index contributed by atoms with van der Waals surface area (Å²) in [7, 11) is 1.97. The topological polar surface area (TPSA) is 80.5 Å². The summed E-state index contributed by atoms with van der Waals surface area (Å²) in [6.45, 7) is 9.10. The molecule has 26 heavy (non-hydrogen) atoms. The fraction of sp³-hybridized carbons (Fsp3) is 0.632. The number of benzene rings is 1. The van der Waals surface area contributed by atoms with E-state index >= 15 is 0 Å². The van der Waals surface area contributed by atoms with E-state index in [1.807, 2.05) is 38.2 Å². The van der Waals surface area contributed by atoms with Crippen molar-refractivity contribution in [3.8, 4) is 0 Å². The smallest absolute Gasteiger partial charge is 0.320 e. The molecule has 1 saturated heterocycles. The van der Waals surface area contributed by atoms with Crippen LogP contribution in [0.15, 0.2) is 24.3 Å². The van der Waals surface area contributed by atoms with Crippen molar-refractivity contribution in [2.75, 3.05) is 32.0 Å². The third-order valence-electron chi connectivity index (χ3n) is 4.68. The first-order valence-electron chi connectivity index (χ1n) is 9.57. The SMILES string of the molecule is CCN1C(NCCCNC)CC(C)NC1NC(=O)Nc1ccc(C)cc1. The first-order valence-corrected chi connectivity index (χ1v) is 9.57. The number of rotatable bonds is 8. The monoisotopic (exact) mass is 362 g/mol. The summed E-state index contributed by atoms with van der Waals surface area (Å²) in [5.74, 6) is 0. The van der Waals surface area contributed by atoms with Crippen LogP contribution in [0.4, 0.5) is 10.5 Å². The zero-order valence-corrected chi connectivity index (χ0v) is 16.4. The van der Waals surface area contributed by atoms with Gasteiger partial charge in [-0.1, -0.05) is 24.6 Å². The molecule has 1 aliphatic heterocycles. The number of nitrogens with zero attached hydrogens (tertiary/aromatic N) is 1. The third-order valence-corrected chi connectivity index (χ3v) is 4.68. The molecule has 1 fully saturated rings. The van der Waals surface area contributed by atoms with Crippen LogP contribution in [0.2, 0.25) is 0 Å². The van der Waals surface area contributed by atoms with Crippen molar-refractivity contribution in [2.24, 2.45) is 0 Å². The van der Waals surface area contributed by atoms with Gasteiger partial charge < -0.3 is 21.3 Å². The molecule has 0 bridgehead atoms. The van der Waals surface area contributed by atoms with Gasteiger partial charge in [0.1, 0.15) is 6.29 Å². The lowest BCUT2D eigenvalue weighted by molar-refractivity contribution is 0.0254. The maximum atomic E-state index is 12.4. The van der Waals surface area contributed by atoms with Crippen LogP contribution in [0.3, 0.4) is 0 Å². The minimum atomic E-state index is -0.201. The average Bonchev–Trinajstić information content (AvgIpc) is 2.60. The molecule has 7 nitrogen and oxygen atoms in total. The molecule has 1 heterocycles. The van der Waals surface area contributed by atoms with E-state index in [1.165, 1.54) is 5.56 Å². The van der Waals surface area contributed by atoms with Crippen LogP contribution in [0.5, 0.6) is 0 Å². The van der Waals surface area contributed by atoms with Gasteiger partial charge in [0.05, 0.1) is 6.17 Å². The second-order valence-electron chi connectivity index (χ2n) is 6.93. The highest BCUT2D eigenvalue weighted by atomic mass is 16.2. The molecule has 3 unspecified atom stereocenters. The molecule has 1 aromatic rings. The van der Waals surface area contributed by atoms with Crippen LogP contribution in [0.25, 0.3) is 0 Å². The third kappa shape index (κ3) is 6.25. The minimum Gasteiger partial charge on any atom is -0.320 e. The standard InChI is InChI=1S/C19H34N6O/c1-5-25-17(21-12-6-11-20-4)13-15(3)22-18(25)24-19(26)23-16-9-7-14(2)8-10-16/h7-10,15,17-18,20-22H,5-6,11-13H2,1-4H3,(H2,23,24,26). The summed E-state index contributed by atoms with van der Waals surface area (Å²) in [5.41, 5.74) is 1.96. The first-order chi connectivity index (χ1) is 12.5. The van der Waals surface area contributed by atoms with E-state index in [2.05, 4.69) is 45.3 Å². The van der Waals surface area contributed by atoms with Gasteiger partial charge in [0, 0.05) is 18.3 Å². The fourth-order valence-corrected chi connectivity index (χ4v) is 3.27. The van der Waals surface area contributed by atoms with Crippen molar-refractivity contribution in [3.05, 3.63) is 29.8 Å². The lowest BCUT2D eigenvalue weighted by atomic mass is 10.1. The van der Waals surface area contributed by atoms with E-state index in [9.17, 15) is 4.79 Å². The Morgan fingerprint density at radius 2 is 2.00 bits per heavy atom. The zero-order valence-electron chi connectivity index (χ0n) is 16.4. The largest absolute Gasteiger partial charge is 0.321 e. The molecular formula is C19H34N6O. The maximum Gasteiger partial charge on any atom is 0.321 e. The highest BCUT2D eigenvalue weighted by Crippen LogP contribution is 2.14. The molecule has 2 amide bonds. The molecule has 0 aliphatic carbocycles. The van der Waals surface area contributed by atoms with Gasteiger partial charge in [-0.15, -0.1) is 0 Å². The number of carbonyl (C=O) groups excluding carboxylic acids is 1. The quantitative estimate of drug-likeness (QED) is 0.454. The minimum absolute atomic E-state index is 0.198. The molecule has 146 valence electrons. The molecular weight excluding hydrogens is 328 g/mol. The van der Waals surface area contributed by atoms with E-state index in [1.54, 1.807) is 0 Å². The van der Waals surface area contributed by atoms with Crippen LogP contribution < -0.4 is 26.6 Å². The van der Waals surface area contributed by atoms with E-state index in [0.29, 0.717) is 6.04 Å². The number of hydrogen-bond acceptors (Lipinski definition) is 5. The summed E-state index contributed by atoms with van der Waals surface area (Å²) in [5, 5.41) is 16.2. The zero-order chi connectivity index (χ0) is 18.9. The van der Waals surface area contributed by atoms with Gasteiger partial charge in [0.15, 0.2) is 0 Å². The number of anilines is 1. The molecule has 0 spiro atoms. The Bertz CT molecular complexity index is 549. The fourth-order valence-electron chi connectivity index (χ4n) is 3.27. The molecule has 1 aromatic carbocycles. The van der Waals surface area contributed by atoms with Crippen LogP contribution in [-0.4, -0.2) is 56.1 Å². The molecule has 5 N–H and O–H groups in total. The lowest BCUT2D eigenvalue weighted by Gasteiger charge is -2.45. The summed E-state index contributed by atoms with van der Waals surface area (Å²) < 4.78 is 0. The van der Waals surface area contributed by atoms with Crippen LogP contribution >= 0.6 is 0 Å². The molecule has 3 atom stereocenters. The normalized spacial score (nSPS) is 23.6. The Hall–Kier alpha value is -1.67. The van der Waals surface area contributed by atoms with E-state index in [0.717, 1.165) is 38.2 Å². The highest BCUT2D eigenvalue weighted by molar-refractivity contribution is 5.89. The second kappa shape index (κ2) is 10.5. The van der Waals surface area contributed by atoms with Gasteiger partial charge >= 0.3 is 6.03 Å². The first kappa shape index (κ1) is 20.6. The summed E-state index contributed by atoms with van der Waals surface area (Å²) in [6, 6.07) is 7.92. The van der Waals surface area contributed by atoms with Gasteiger partial charge in [0.2, 0.25) is 0 Å². The Labute approximate surface area is 157 Å². The molecule has 0 saturated carbocycles. The van der Waals surface area contributed by atoms with E-state index in [-0.39, 0.29) is 18.5 Å². The summed E-state index contributed by atoms with van der Waals surface area (Å²) in [6.07, 6.45) is 2.14. The average molecular weight is 363 g/mol. The molecule has 7 heteroatoms. The van der Waals surface area contributed by atoms with Gasteiger partial charge in [-0.05, 0) is 59.0 Å². The Kier molecular flexibility index (Phi) is 8.31. The number of carbonyl (C=O) groups is 1. The van der Waals surface area contributed by atoms with E-state index < -0.39 is 0 Å². The molecule has 0 aromatic heterocycles. The number of hydrogen-bond donors (Lipinski definition) is 5. The van der Waals surface area contributed by atoms with Gasteiger partial charge in [-0.2, -0.15) is 0 Å².